The van der Waals surface area contributed by atoms with Gasteiger partial charge >= 0.3 is 51.4 Å². The Hall–Kier alpha value is 0.286. The van der Waals surface area contributed by atoms with Gasteiger partial charge in [-0.25, -0.2) is 0 Å². The Morgan fingerprint density at radius 1 is 1.33 bits per heavy atom. The van der Waals surface area contributed by atoms with Crippen molar-refractivity contribution in [1.82, 2.24) is 0 Å². The zero-order valence-corrected chi connectivity index (χ0v) is 9.94. The zero-order valence-electron chi connectivity index (χ0n) is 6.82. The molecule has 0 heterocycles. The fraction of sp³-hybridized carbons (Fsp3) is 0.125. The van der Waals surface area contributed by atoms with Crippen LogP contribution in [-0.4, -0.2) is 11.1 Å². The van der Waals surface area contributed by atoms with Crippen LogP contribution in [0.15, 0.2) is 30.3 Å². The van der Waals surface area contributed by atoms with E-state index in [4.69, 9.17) is 10.8 Å². The van der Waals surface area contributed by atoms with Crippen molar-refractivity contribution in [2.75, 3.05) is 0 Å². The number of hydrogen-bond donors (Lipinski definition) is 1. The van der Waals surface area contributed by atoms with Crippen LogP contribution >= 0.6 is 0 Å². The van der Waals surface area contributed by atoms with E-state index in [1.807, 2.05) is 0 Å². The molecule has 0 aliphatic heterocycles. The van der Waals surface area contributed by atoms with Gasteiger partial charge in [-0.2, -0.15) is 0 Å². The van der Waals surface area contributed by atoms with E-state index in [0.29, 0.717) is 5.56 Å². The summed E-state index contributed by atoms with van der Waals surface area (Å²) < 4.78 is 0. The van der Waals surface area contributed by atoms with Gasteiger partial charge in [-0.3, -0.25) is 4.79 Å². The van der Waals surface area contributed by atoms with Crippen molar-refractivity contribution in [3.8, 4) is 0 Å². The molecule has 0 bridgehead atoms. The van der Waals surface area contributed by atoms with Gasteiger partial charge in [-0.1, -0.05) is 35.9 Å². The third-order valence-corrected chi connectivity index (χ3v) is 1.38. The molecule has 0 aromatic heterocycles. The second-order valence-corrected chi connectivity index (χ2v) is 2.18. The first kappa shape index (κ1) is 12.3. The van der Waals surface area contributed by atoms with Crippen LogP contribution in [0.1, 0.15) is 11.6 Å². The van der Waals surface area contributed by atoms with Gasteiger partial charge in [0.25, 0.3) is 5.97 Å². The largest absolute Gasteiger partial charge is 1.00 e. The van der Waals surface area contributed by atoms with Gasteiger partial charge in [0.2, 0.25) is 0 Å². The number of carboxylic acids is 1. The number of benzene rings is 1. The average Bonchev–Trinajstić information content (AvgIpc) is 2.05. The number of carbonyl (C=O) groups is 1. The van der Waals surface area contributed by atoms with Gasteiger partial charge in [-0.05, 0) is 6.04 Å². The predicted octanol–water partition coefficient (Wildman–Crippen LogP) is -1.13. The van der Waals surface area contributed by atoms with Crippen molar-refractivity contribution in [2.24, 2.45) is 0 Å². The molecule has 1 atom stereocenters. The number of carboxylic acid groups (broad SMARTS) is 1. The summed E-state index contributed by atoms with van der Waals surface area (Å²) in [5, 5.41) is 8.45. The molecule has 1 rings (SSSR count). The summed E-state index contributed by atoms with van der Waals surface area (Å²) in [7, 11) is 0. The van der Waals surface area contributed by atoms with E-state index in [2.05, 4.69) is 0 Å². The fourth-order valence-corrected chi connectivity index (χ4v) is 0.788. The van der Waals surface area contributed by atoms with Crippen LogP contribution in [-0.2, 0) is 4.79 Å². The minimum atomic E-state index is -1.16. The van der Waals surface area contributed by atoms with Crippen molar-refractivity contribution in [1.29, 1.82) is 0 Å². The summed E-state index contributed by atoms with van der Waals surface area (Å²) >= 11 is 0. The molecular weight excluding hydrogens is 181 g/mol. The summed E-state index contributed by atoms with van der Waals surface area (Å²) in [6, 6.07) is 7.34. The molecule has 0 spiro atoms. The number of hydrogen-bond acceptors (Lipinski definition) is 1. The van der Waals surface area contributed by atoms with Gasteiger partial charge in [0.1, 0.15) is 0 Å². The first-order valence-corrected chi connectivity index (χ1v) is 3.20. The summed E-state index contributed by atoms with van der Waals surface area (Å²) in [5.74, 6) is -1.11. The molecule has 0 saturated heterocycles. The molecule has 0 unspecified atom stereocenters. The normalized spacial score (nSPS) is 11.4. The minimum Gasteiger partial charge on any atom is -0.661 e. The Morgan fingerprint density at radius 2 is 1.83 bits per heavy atom. The Bertz CT molecular complexity index is 250. The minimum absolute atomic E-state index is 0. The molecule has 2 N–H and O–H groups in total. The van der Waals surface area contributed by atoms with E-state index in [-0.39, 0.29) is 51.4 Å². The Labute approximate surface area is 113 Å². The Balaban J connectivity index is 0.00000121. The molecule has 0 fully saturated rings. The topological polar surface area (TPSA) is 61.1 Å². The van der Waals surface area contributed by atoms with Crippen LogP contribution in [0.25, 0.3) is 5.73 Å². The maximum Gasteiger partial charge on any atom is 1.00 e. The summed E-state index contributed by atoms with van der Waals surface area (Å²) in [6.07, 6.45) is 0. The van der Waals surface area contributed by atoms with Gasteiger partial charge in [-0.15, -0.1) is 0 Å². The maximum atomic E-state index is 10.3. The second-order valence-electron chi connectivity index (χ2n) is 2.18. The monoisotopic (exact) mass is 189 g/mol. The van der Waals surface area contributed by atoms with E-state index >= 15 is 0 Å². The quantitative estimate of drug-likeness (QED) is 0.598. The average molecular weight is 189 g/mol. The van der Waals surface area contributed by atoms with Crippen LogP contribution in [0.2, 0.25) is 0 Å². The van der Waals surface area contributed by atoms with E-state index in [1.54, 1.807) is 30.3 Å². The molecule has 0 saturated carbocycles. The Kier molecular flexibility index (Phi) is 5.99. The number of nitrogens with one attached hydrogen (secondary N) is 1. The van der Waals surface area contributed by atoms with Crippen LogP contribution in [0.3, 0.4) is 0 Å². The van der Waals surface area contributed by atoms with Gasteiger partial charge in [0.15, 0.2) is 0 Å². The first-order valence-electron chi connectivity index (χ1n) is 3.20. The van der Waals surface area contributed by atoms with Crippen molar-refractivity contribution in [3.05, 3.63) is 41.6 Å². The third kappa shape index (κ3) is 3.34. The number of aliphatic carboxylic acids is 1. The zero-order chi connectivity index (χ0) is 8.27. The summed E-state index contributed by atoms with van der Waals surface area (Å²) in [6.45, 7) is 0. The van der Waals surface area contributed by atoms with Crippen molar-refractivity contribution in [2.45, 2.75) is 6.04 Å². The van der Waals surface area contributed by atoms with Gasteiger partial charge < -0.3 is 10.8 Å². The molecular formula is C8H8KNO2. The summed E-state index contributed by atoms with van der Waals surface area (Å²) in [5.41, 5.74) is 7.68. The molecule has 1 aromatic carbocycles. The van der Waals surface area contributed by atoms with Gasteiger partial charge in [0, 0.05) is 0 Å². The fourth-order valence-electron chi connectivity index (χ4n) is 0.788. The van der Waals surface area contributed by atoms with Crippen LogP contribution in [0, 0.1) is 0 Å². The molecule has 3 nitrogen and oxygen atoms in total. The van der Waals surface area contributed by atoms with Crippen LogP contribution in [0.4, 0.5) is 0 Å². The van der Waals surface area contributed by atoms with Gasteiger partial charge in [0.05, 0.1) is 0 Å². The smallest absolute Gasteiger partial charge is 0.661 e. The standard InChI is InChI=1S/C8H8NO2.K/c9-7(8(10)11)6-4-2-1-3-5-6;/h1-5,7,9H,(H,10,11);/q-1;+1/t7-;/m1./s1. The second kappa shape index (κ2) is 5.85. The Morgan fingerprint density at radius 3 is 2.25 bits per heavy atom. The van der Waals surface area contributed by atoms with E-state index in [0.717, 1.165) is 0 Å². The maximum absolute atomic E-state index is 10.3. The molecule has 0 aliphatic rings. The molecule has 0 radical (unpaired) electrons. The van der Waals surface area contributed by atoms with E-state index in [9.17, 15) is 4.79 Å². The van der Waals surface area contributed by atoms with Crippen LogP contribution < -0.4 is 51.4 Å². The molecule has 0 amide bonds. The first-order chi connectivity index (χ1) is 5.22. The van der Waals surface area contributed by atoms with Crippen LogP contribution in [0.5, 0.6) is 0 Å². The molecule has 0 aliphatic carbocycles. The van der Waals surface area contributed by atoms with Crippen molar-refractivity contribution in [3.63, 3.8) is 0 Å². The molecule has 4 heteroatoms. The molecule has 1 aromatic rings. The third-order valence-electron chi connectivity index (χ3n) is 1.38. The van der Waals surface area contributed by atoms with E-state index in [1.165, 1.54) is 0 Å². The van der Waals surface area contributed by atoms with E-state index < -0.39 is 12.0 Å². The molecule has 12 heavy (non-hydrogen) atoms. The number of rotatable bonds is 2. The SMILES string of the molecule is [K+].[NH-][C@@H](C(=O)O)c1ccccc1. The molecule has 58 valence electrons. The predicted molar refractivity (Wildman–Crippen MR) is 41.1 cm³/mol. The summed E-state index contributed by atoms with van der Waals surface area (Å²) in [4.78, 5) is 10.3. The van der Waals surface area contributed by atoms with Crippen molar-refractivity contribution >= 4 is 5.97 Å². The van der Waals surface area contributed by atoms with Crippen molar-refractivity contribution < 1.29 is 61.3 Å².